The van der Waals surface area contributed by atoms with Crippen LogP contribution in [0.25, 0.3) is 93.9 Å². The normalized spacial score (nSPS) is 11.5. The van der Waals surface area contributed by atoms with Crippen LogP contribution in [0.5, 0.6) is 0 Å². The number of hydrogen-bond donors (Lipinski definition) is 0. The number of furan rings is 1. The Bertz CT molecular complexity index is 3490. The lowest BCUT2D eigenvalue weighted by Gasteiger charge is -2.26. The van der Waals surface area contributed by atoms with Gasteiger partial charge in [-0.05, 0) is 117 Å². The van der Waals surface area contributed by atoms with Crippen molar-refractivity contribution in [1.29, 1.82) is 0 Å². The Balaban J connectivity index is 0.971. The van der Waals surface area contributed by atoms with Crippen molar-refractivity contribution >= 4 is 60.8 Å². The number of para-hydroxylation sites is 2. The number of anilines is 3. The predicted molar refractivity (Wildman–Crippen MR) is 264 cm³/mol. The van der Waals surface area contributed by atoms with Crippen molar-refractivity contribution in [3.05, 3.63) is 243 Å². The molecule has 0 saturated heterocycles. The lowest BCUT2D eigenvalue weighted by Crippen LogP contribution is -2.09. The molecule has 0 aliphatic rings. The predicted octanol–water partition coefficient (Wildman–Crippen LogP) is 16.8. The summed E-state index contributed by atoms with van der Waals surface area (Å²) >= 11 is 0. The second-order valence-electron chi connectivity index (χ2n) is 16.1. The van der Waals surface area contributed by atoms with Gasteiger partial charge in [0.05, 0.1) is 16.7 Å². The Hall–Kier alpha value is -8.40. The Morgan fingerprint density at radius 1 is 0.286 bits per heavy atom. The van der Waals surface area contributed by atoms with Crippen LogP contribution in [0, 0.1) is 0 Å². The first-order chi connectivity index (χ1) is 31.2. The van der Waals surface area contributed by atoms with E-state index in [0.29, 0.717) is 0 Å². The second-order valence-corrected chi connectivity index (χ2v) is 16.1. The maximum Gasteiger partial charge on any atom is 0.159 e. The van der Waals surface area contributed by atoms with Crippen LogP contribution in [0.1, 0.15) is 0 Å². The Morgan fingerprint density at radius 2 is 0.667 bits per heavy atom. The molecule has 296 valence electrons. The van der Waals surface area contributed by atoms with Gasteiger partial charge in [0.2, 0.25) is 0 Å². The van der Waals surface area contributed by atoms with E-state index in [-0.39, 0.29) is 0 Å². The third-order valence-corrected chi connectivity index (χ3v) is 12.4. The molecule has 0 unspecified atom stereocenters. The van der Waals surface area contributed by atoms with Crippen molar-refractivity contribution in [2.75, 3.05) is 4.90 Å². The largest absolute Gasteiger partial charge is 0.454 e. The van der Waals surface area contributed by atoms with E-state index in [2.05, 4.69) is 246 Å². The minimum absolute atomic E-state index is 0.887. The highest BCUT2D eigenvalue weighted by Gasteiger charge is 2.20. The van der Waals surface area contributed by atoms with Crippen LogP contribution >= 0.6 is 0 Å². The van der Waals surface area contributed by atoms with Gasteiger partial charge in [-0.2, -0.15) is 0 Å². The molecule has 12 rings (SSSR count). The molecule has 2 aromatic heterocycles. The first-order valence-electron chi connectivity index (χ1n) is 21.5. The summed E-state index contributed by atoms with van der Waals surface area (Å²) in [4.78, 5) is 2.34. The first-order valence-corrected chi connectivity index (χ1v) is 21.5. The molecule has 0 aliphatic carbocycles. The molecule has 0 spiro atoms. The Morgan fingerprint density at radius 3 is 1.16 bits per heavy atom. The van der Waals surface area contributed by atoms with E-state index in [1.807, 2.05) is 6.07 Å². The monoisotopic (exact) mass is 804 g/mol. The van der Waals surface area contributed by atoms with Crippen molar-refractivity contribution in [2.45, 2.75) is 0 Å². The minimum atomic E-state index is 0.887. The van der Waals surface area contributed by atoms with Crippen LogP contribution in [0.15, 0.2) is 247 Å². The van der Waals surface area contributed by atoms with Crippen LogP contribution in [-0.2, 0) is 0 Å². The molecule has 0 atom stereocenters. The molecule has 2 heterocycles. The summed E-state index contributed by atoms with van der Waals surface area (Å²) in [7, 11) is 0. The van der Waals surface area contributed by atoms with E-state index in [9.17, 15) is 0 Å². The van der Waals surface area contributed by atoms with Gasteiger partial charge >= 0.3 is 0 Å². The van der Waals surface area contributed by atoms with Crippen LogP contribution in [0.3, 0.4) is 0 Å². The highest BCUT2D eigenvalue weighted by Crippen LogP contribution is 2.42. The van der Waals surface area contributed by atoms with E-state index >= 15 is 0 Å². The van der Waals surface area contributed by atoms with Crippen LogP contribution in [0.4, 0.5) is 17.1 Å². The van der Waals surface area contributed by atoms with Crippen LogP contribution < -0.4 is 4.90 Å². The van der Waals surface area contributed by atoms with Crippen LogP contribution in [-0.4, -0.2) is 4.57 Å². The maximum atomic E-state index is 6.61. The highest BCUT2D eigenvalue weighted by atomic mass is 16.3. The number of fused-ring (bicyclic) bond motifs is 6. The molecule has 0 radical (unpaired) electrons. The fraction of sp³-hybridized carbons (Fsp3) is 0. The van der Waals surface area contributed by atoms with Gasteiger partial charge in [-0.3, -0.25) is 0 Å². The topological polar surface area (TPSA) is 21.3 Å². The smallest absolute Gasteiger partial charge is 0.159 e. The molecular formula is C60H40N2O. The zero-order valence-electron chi connectivity index (χ0n) is 34.4. The Kier molecular flexibility index (Phi) is 8.83. The lowest BCUT2D eigenvalue weighted by atomic mass is 10.00. The van der Waals surface area contributed by atoms with Crippen molar-refractivity contribution in [1.82, 2.24) is 4.57 Å². The molecule has 10 aromatic carbocycles. The lowest BCUT2D eigenvalue weighted by molar-refractivity contribution is 0.666. The van der Waals surface area contributed by atoms with Gasteiger partial charge in [0.15, 0.2) is 5.58 Å². The summed E-state index contributed by atoms with van der Waals surface area (Å²) in [6.07, 6.45) is 0. The minimum Gasteiger partial charge on any atom is -0.454 e. The maximum absolute atomic E-state index is 6.61. The van der Waals surface area contributed by atoms with Crippen molar-refractivity contribution in [2.24, 2.45) is 0 Å². The molecule has 12 aromatic rings. The van der Waals surface area contributed by atoms with Gasteiger partial charge in [-0.1, -0.05) is 170 Å². The fourth-order valence-electron chi connectivity index (χ4n) is 9.30. The molecule has 63 heavy (non-hydrogen) atoms. The van der Waals surface area contributed by atoms with E-state index in [1.54, 1.807) is 0 Å². The van der Waals surface area contributed by atoms with E-state index in [4.69, 9.17) is 4.42 Å². The standard InChI is InChI=1S/C60H40N2O/c1-4-13-41(14-5-1)44-23-31-49(32-24-44)61(50-33-25-45(26-34-50)42-15-6-2-7-16-42)51-35-27-46(28-36-51)48-30-38-57-55(40-48)54-39-47(43-17-8-3-9-18-43)29-37-56(54)62(57)58-21-12-20-53-52-19-10-11-22-59(52)63-60(53)58/h1-40H. The number of aromatic nitrogens is 1. The summed E-state index contributed by atoms with van der Waals surface area (Å²) in [5.74, 6) is 0. The van der Waals surface area contributed by atoms with Gasteiger partial charge in [0.1, 0.15) is 5.58 Å². The zero-order chi connectivity index (χ0) is 41.7. The summed E-state index contributed by atoms with van der Waals surface area (Å²) < 4.78 is 8.99. The first kappa shape index (κ1) is 36.5. The van der Waals surface area contributed by atoms with Gasteiger partial charge in [-0.15, -0.1) is 0 Å². The van der Waals surface area contributed by atoms with E-state index in [0.717, 1.165) is 66.8 Å². The third kappa shape index (κ3) is 6.46. The van der Waals surface area contributed by atoms with Gasteiger partial charge in [-0.25, -0.2) is 0 Å². The molecular weight excluding hydrogens is 765 g/mol. The summed E-state index contributed by atoms with van der Waals surface area (Å²) in [6, 6.07) is 87.0. The van der Waals surface area contributed by atoms with Gasteiger partial charge in [0.25, 0.3) is 0 Å². The number of hydrogen-bond acceptors (Lipinski definition) is 2. The van der Waals surface area contributed by atoms with Crippen molar-refractivity contribution in [3.63, 3.8) is 0 Å². The fourth-order valence-corrected chi connectivity index (χ4v) is 9.30. The summed E-state index contributed by atoms with van der Waals surface area (Å²) in [5.41, 5.74) is 17.8. The van der Waals surface area contributed by atoms with Crippen LogP contribution in [0.2, 0.25) is 0 Å². The zero-order valence-corrected chi connectivity index (χ0v) is 34.4. The summed E-state index contributed by atoms with van der Waals surface area (Å²) in [5, 5.41) is 4.63. The summed E-state index contributed by atoms with van der Waals surface area (Å²) in [6.45, 7) is 0. The van der Waals surface area contributed by atoms with E-state index < -0.39 is 0 Å². The molecule has 0 aliphatic heterocycles. The van der Waals surface area contributed by atoms with Gasteiger partial charge in [0, 0.05) is 38.6 Å². The second kappa shape index (κ2) is 15.3. The molecule has 0 saturated carbocycles. The number of nitrogens with zero attached hydrogens (tertiary/aromatic N) is 2. The van der Waals surface area contributed by atoms with Gasteiger partial charge < -0.3 is 13.9 Å². The van der Waals surface area contributed by atoms with Crippen molar-refractivity contribution < 1.29 is 4.42 Å². The van der Waals surface area contributed by atoms with E-state index in [1.165, 1.54) is 44.2 Å². The van der Waals surface area contributed by atoms with Crippen molar-refractivity contribution in [3.8, 4) is 50.2 Å². The molecule has 0 N–H and O–H groups in total. The highest BCUT2D eigenvalue weighted by molar-refractivity contribution is 6.14. The molecule has 0 amide bonds. The average Bonchev–Trinajstić information content (AvgIpc) is 3.91. The molecule has 0 bridgehead atoms. The number of rotatable bonds is 8. The quantitative estimate of drug-likeness (QED) is 0.153. The number of benzene rings is 10. The SMILES string of the molecule is c1ccc(-c2ccc(N(c3ccc(-c4ccccc4)cc3)c3ccc(-c4ccc5c(c4)c4cc(-c6ccccc6)ccc4n5-c4cccc5c4oc4ccccc45)cc3)cc2)cc1. The third-order valence-electron chi connectivity index (χ3n) is 12.4. The molecule has 3 heteroatoms. The molecule has 3 nitrogen and oxygen atoms in total. The average molecular weight is 805 g/mol. The molecule has 0 fully saturated rings. The Labute approximate surface area is 366 Å².